The number of nitrogens with two attached hydrogens (primary N) is 2. The highest BCUT2D eigenvalue weighted by Gasteiger charge is 2.41. The van der Waals surface area contributed by atoms with Crippen LogP contribution >= 0.6 is 0 Å². The van der Waals surface area contributed by atoms with E-state index in [4.69, 9.17) is 16.9 Å². The molecule has 0 radical (unpaired) electrons. The zero-order valence-electron chi connectivity index (χ0n) is 21.2. The van der Waals surface area contributed by atoms with Gasteiger partial charge in [-0.2, -0.15) is 5.10 Å². The number of ether oxygens (including phenoxy) is 1. The second-order valence-electron chi connectivity index (χ2n) is 8.83. The minimum atomic E-state index is -1.78. The molecular weight excluding hydrogens is 508 g/mol. The van der Waals surface area contributed by atoms with Crippen LogP contribution in [0, 0.1) is 5.41 Å². The molecule has 0 aliphatic rings. The number of nitrogen functional groups attached to an aromatic ring is 2. The zero-order valence-corrected chi connectivity index (χ0v) is 21.2. The highest BCUT2D eigenvalue weighted by atomic mass is 16.5. The Morgan fingerprint density at radius 3 is 2.59 bits per heavy atom. The summed E-state index contributed by atoms with van der Waals surface area (Å²) in [5, 5.41) is 32.1. The fourth-order valence-electron chi connectivity index (χ4n) is 4.00. The first-order chi connectivity index (χ1) is 18.5. The van der Waals surface area contributed by atoms with E-state index in [1.165, 1.54) is 0 Å². The molecule has 0 spiro atoms. The van der Waals surface area contributed by atoms with E-state index in [-0.39, 0.29) is 25.2 Å². The van der Waals surface area contributed by atoms with E-state index in [9.17, 15) is 24.3 Å². The third kappa shape index (κ3) is 7.44. The van der Waals surface area contributed by atoms with Crippen LogP contribution < -0.4 is 27.4 Å². The van der Waals surface area contributed by atoms with Gasteiger partial charge in [0.2, 0.25) is 11.8 Å². The summed E-state index contributed by atoms with van der Waals surface area (Å²) in [6, 6.07) is 11.7. The largest absolute Gasteiger partial charge is 0.481 e. The number of fused-ring (bicyclic) bond motifs is 1. The lowest BCUT2D eigenvalue weighted by Crippen LogP contribution is -2.61. The molecule has 1 aromatic heterocycles. The van der Waals surface area contributed by atoms with Gasteiger partial charge in [0.05, 0.1) is 19.2 Å². The number of methoxy groups -OCH3 is 1. The number of carboxylic acid groups (broad SMARTS) is 1. The standard InChI is InChI=1S/C25H30N8O6/c1-39-24(38)31-25(8-7-20(35)36,11-14-3-2-4-16(9-14)21(26)27)23(37)30-13-19(34)29-12-15-5-6-17-18(10-15)32-33-22(17)28/h2-6,9-10H,7-8,11-13H2,1H3,(H3,26,27)(H,29,34)(H,30,37)(H,31,38)(H,35,36)(H3,28,32,33). The Hall–Kier alpha value is -5.14. The number of hydrogen-bond acceptors (Lipinski definition) is 8. The number of aromatic nitrogens is 2. The van der Waals surface area contributed by atoms with Gasteiger partial charge in [-0.05, 0) is 35.7 Å². The zero-order chi connectivity index (χ0) is 28.6. The second-order valence-corrected chi connectivity index (χ2v) is 8.83. The summed E-state index contributed by atoms with van der Waals surface area (Å²) in [7, 11) is 1.11. The molecule has 206 valence electrons. The summed E-state index contributed by atoms with van der Waals surface area (Å²) < 4.78 is 4.68. The molecule has 3 aromatic rings. The molecule has 1 heterocycles. The number of aromatic amines is 1. The van der Waals surface area contributed by atoms with Crippen molar-refractivity contribution in [1.82, 2.24) is 26.1 Å². The van der Waals surface area contributed by atoms with Crippen LogP contribution in [-0.4, -0.2) is 64.2 Å². The lowest BCUT2D eigenvalue weighted by Gasteiger charge is -2.33. The van der Waals surface area contributed by atoms with Crippen LogP contribution in [0.3, 0.4) is 0 Å². The van der Waals surface area contributed by atoms with Crippen LogP contribution in [0.4, 0.5) is 10.6 Å². The first-order valence-corrected chi connectivity index (χ1v) is 11.8. The summed E-state index contributed by atoms with van der Waals surface area (Å²) in [5.74, 6) is -2.33. The van der Waals surface area contributed by atoms with Gasteiger partial charge in [0, 0.05) is 30.3 Å². The Labute approximate surface area is 223 Å². The quantitative estimate of drug-likeness (QED) is 0.117. The smallest absolute Gasteiger partial charge is 0.407 e. The van der Waals surface area contributed by atoms with Crippen molar-refractivity contribution < 1.29 is 29.0 Å². The van der Waals surface area contributed by atoms with Gasteiger partial charge in [-0.25, -0.2) is 4.79 Å². The molecule has 14 heteroatoms. The van der Waals surface area contributed by atoms with Crippen LogP contribution in [0.5, 0.6) is 0 Å². The van der Waals surface area contributed by atoms with Gasteiger partial charge >= 0.3 is 12.1 Å². The lowest BCUT2D eigenvalue weighted by molar-refractivity contribution is -0.138. The minimum absolute atomic E-state index is 0.155. The molecule has 0 aliphatic carbocycles. The number of amides is 3. The number of nitrogens with zero attached hydrogens (tertiary/aromatic N) is 1. The Morgan fingerprint density at radius 2 is 1.90 bits per heavy atom. The third-order valence-corrected chi connectivity index (χ3v) is 6.03. The van der Waals surface area contributed by atoms with Crippen LogP contribution in [0.25, 0.3) is 10.9 Å². The molecule has 0 fully saturated rings. The predicted octanol–water partition coefficient (Wildman–Crippen LogP) is 0.364. The molecule has 39 heavy (non-hydrogen) atoms. The number of aliphatic carboxylic acids is 1. The second kappa shape index (κ2) is 12.4. The number of anilines is 1. The monoisotopic (exact) mass is 538 g/mol. The van der Waals surface area contributed by atoms with Crippen molar-refractivity contribution in [2.75, 3.05) is 19.4 Å². The van der Waals surface area contributed by atoms with Crippen molar-refractivity contribution in [2.24, 2.45) is 5.73 Å². The van der Waals surface area contributed by atoms with Crippen molar-refractivity contribution in [1.29, 1.82) is 5.41 Å². The third-order valence-electron chi connectivity index (χ3n) is 6.03. The lowest BCUT2D eigenvalue weighted by atomic mass is 9.84. The molecule has 3 amide bonds. The van der Waals surface area contributed by atoms with Gasteiger partial charge < -0.3 is 37.3 Å². The highest BCUT2D eigenvalue weighted by molar-refractivity contribution is 5.96. The number of hydrogen-bond donors (Lipinski definition) is 8. The average Bonchev–Trinajstić information content (AvgIpc) is 3.28. The highest BCUT2D eigenvalue weighted by Crippen LogP contribution is 2.22. The van der Waals surface area contributed by atoms with Crippen LogP contribution in [0.2, 0.25) is 0 Å². The van der Waals surface area contributed by atoms with E-state index in [1.807, 2.05) is 0 Å². The number of carbonyl (C=O) groups is 4. The summed E-state index contributed by atoms with van der Waals surface area (Å²) in [4.78, 5) is 49.6. The average molecular weight is 539 g/mol. The number of carboxylic acids is 1. The maximum Gasteiger partial charge on any atom is 0.407 e. The van der Waals surface area contributed by atoms with Crippen molar-refractivity contribution in [3.05, 3.63) is 59.2 Å². The molecule has 3 rings (SSSR count). The van der Waals surface area contributed by atoms with E-state index in [1.54, 1.807) is 42.5 Å². The van der Waals surface area contributed by atoms with Gasteiger partial charge in [0.15, 0.2) is 5.82 Å². The number of amidine groups is 1. The molecule has 1 unspecified atom stereocenters. The summed E-state index contributed by atoms with van der Waals surface area (Å²) >= 11 is 0. The maximum absolute atomic E-state index is 13.4. The fraction of sp³-hybridized carbons (Fsp3) is 0.280. The number of rotatable bonds is 12. The maximum atomic E-state index is 13.4. The number of alkyl carbamates (subject to hydrolysis) is 1. The van der Waals surface area contributed by atoms with Gasteiger partial charge in [0.1, 0.15) is 11.4 Å². The van der Waals surface area contributed by atoms with Gasteiger partial charge in [-0.15, -0.1) is 0 Å². The SMILES string of the molecule is COC(=O)NC(CCC(=O)O)(Cc1cccc(C(=N)N)c1)C(=O)NCC(=O)NCc1ccc2c(N)n[nH]c2c1. The van der Waals surface area contributed by atoms with Gasteiger partial charge in [-0.1, -0.05) is 24.3 Å². The van der Waals surface area contributed by atoms with E-state index >= 15 is 0 Å². The van der Waals surface area contributed by atoms with Crippen LogP contribution in [0.1, 0.15) is 29.5 Å². The van der Waals surface area contributed by atoms with E-state index < -0.39 is 42.4 Å². The number of H-pyrrole nitrogens is 1. The van der Waals surface area contributed by atoms with Crippen LogP contribution in [0.15, 0.2) is 42.5 Å². The molecule has 14 nitrogen and oxygen atoms in total. The van der Waals surface area contributed by atoms with Crippen molar-refractivity contribution in [2.45, 2.75) is 31.3 Å². The Morgan fingerprint density at radius 1 is 1.13 bits per heavy atom. The summed E-state index contributed by atoms with van der Waals surface area (Å²) in [6.45, 7) is -0.283. The Kier molecular flexibility index (Phi) is 9.04. The normalized spacial score (nSPS) is 12.2. The minimum Gasteiger partial charge on any atom is -0.481 e. The fourth-order valence-corrected chi connectivity index (χ4v) is 4.00. The first-order valence-electron chi connectivity index (χ1n) is 11.8. The molecule has 0 saturated carbocycles. The summed E-state index contributed by atoms with van der Waals surface area (Å²) in [5.41, 5.74) is 11.9. The topological polar surface area (TPSA) is 238 Å². The first kappa shape index (κ1) is 28.4. The van der Waals surface area contributed by atoms with Crippen LogP contribution in [-0.2, 0) is 32.1 Å². The van der Waals surface area contributed by atoms with Crippen molar-refractivity contribution >= 4 is 46.4 Å². The molecule has 0 bridgehead atoms. The van der Waals surface area contributed by atoms with Crippen molar-refractivity contribution in [3.63, 3.8) is 0 Å². The number of nitrogens with one attached hydrogen (secondary N) is 5. The molecular formula is C25H30N8O6. The predicted molar refractivity (Wildman–Crippen MR) is 142 cm³/mol. The van der Waals surface area contributed by atoms with Crippen molar-refractivity contribution in [3.8, 4) is 0 Å². The molecule has 0 aliphatic heterocycles. The Bertz CT molecular complexity index is 1400. The van der Waals surface area contributed by atoms with E-state index in [0.717, 1.165) is 18.1 Å². The molecule has 2 aromatic carbocycles. The van der Waals surface area contributed by atoms with E-state index in [2.05, 4.69) is 30.9 Å². The van der Waals surface area contributed by atoms with Gasteiger partial charge in [0.25, 0.3) is 0 Å². The van der Waals surface area contributed by atoms with Gasteiger partial charge in [-0.3, -0.25) is 24.9 Å². The summed E-state index contributed by atoms with van der Waals surface area (Å²) in [6.07, 6.45) is -1.88. The number of carbonyl (C=O) groups excluding carboxylic acids is 3. The molecule has 1 atom stereocenters. The number of benzene rings is 2. The molecule has 10 N–H and O–H groups in total. The van der Waals surface area contributed by atoms with E-state index in [0.29, 0.717) is 22.5 Å². The Balaban J connectivity index is 1.75. The molecule has 0 saturated heterocycles.